The minimum absolute atomic E-state index is 0.00196. The Morgan fingerprint density at radius 3 is 2.90 bits per heavy atom. The predicted octanol–water partition coefficient (Wildman–Crippen LogP) is 3.20. The Kier molecular flexibility index (Phi) is 4.97. The van der Waals surface area contributed by atoms with Crippen molar-refractivity contribution >= 4 is 34.2 Å². The molecule has 1 aromatic heterocycles. The average molecular weight is 309 g/mol. The number of aliphatic carboxylic acids is 1. The standard InChI is InChI=1S/C13H15N3O2S2/c1-8-5-3-4-6-10(8)9(2)14-12-15-16-13(20-12)19-7-11(17)18/h3-6,9H,7H2,1-2H3,(H,14,15)(H,17,18). The zero-order valence-electron chi connectivity index (χ0n) is 11.2. The van der Waals surface area contributed by atoms with Gasteiger partial charge in [0.1, 0.15) is 0 Å². The molecule has 5 nitrogen and oxygen atoms in total. The van der Waals surface area contributed by atoms with Crippen LogP contribution in [0.15, 0.2) is 28.6 Å². The van der Waals surface area contributed by atoms with Crippen LogP contribution in [-0.2, 0) is 4.79 Å². The van der Waals surface area contributed by atoms with E-state index in [1.165, 1.54) is 34.2 Å². The minimum Gasteiger partial charge on any atom is -0.481 e. The van der Waals surface area contributed by atoms with Crippen molar-refractivity contribution in [1.82, 2.24) is 10.2 Å². The number of thioether (sulfide) groups is 1. The summed E-state index contributed by atoms with van der Waals surface area (Å²) in [6.45, 7) is 4.13. The molecule has 0 saturated heterocycles. The molecule has 2 aromatic rings. The highest BCUT2D eigenvalue weighted by atomic mass is 32.2. The fourth-order valence-electron chi connectivity index (χ4n) is 1.79. The lowest BCUT2D eigenvalue weighted by Crippen LogP contribution is -2.07. The molecule has 0 fully saturated rings. The average Bonchev–Trinajstić information content (AvgIpc) is 2.84. The van der Waals surface area contributed by atoms with Gasteiger partial charge in [0.25, 0.3) is 0 Å². The second-order valence-corrected chi connectivity index (χ2v) is 6.48. The molecular formula is C13H15N3O2S2. The molecule has 0 aliphatic heterocycles. The van der Waals surface area contributed by atoms with E-state index in [9.17, 15) is 4.79 Å². The van der Waals surface area contributed by atoms with Crippen molar-refractivity contribution in [3.05, 3.63) is 35.4 Å². The number of benzene rings is 1. The van der Waals surface area contributed by atoms with Crippen molar-refractivity contribution < 1.29 is 9.90 Å². The first-order valence-corrected chi connectivity index (χ1v) is 7.86. The van der Waals surface area contributed by atoms with E-state index in [0.29, 0.717) is 9.47 Å². The number of nitrogens with one attached hydrogen (secondary N) is 1. The minimum atomic E-state index is -0.854. The SMILES string of the molecule is Cc1ccccc1C(C)Nc1nnc(SCC(=O)O)s1. The number of hydrogen-bond acceptors (Lipinski definition) is 6. The van der Waals surface area contributed by atoms with Crippen LogP contribution >= 0.6 is 23.1 Å². The quantitative estimate of drug-likeness (QED) is 0.798. The Bertz CT molecular complexity index is 601. The molecule has 2 rings (SSSR count). The highest BCUT2D eigenvalue weighted by molar-refractivity contribution is 8.01. The summed E-state index contributed by atoms with van der Waals surface area (Å²) in [5, 5.41) is 20.6. The lowest BCUT2D eigenvalue weighted by Gasteiger charge is -2.15. The molecule has 20 heavy (non-hydrogen) atoms. The molecule has 0 amide bonds. The van der Waals surface area contributed by atoms with E-state index in [-0.39, 0.29) is 11.8 Å². The van der Waals surface area contributed by atoms with Crippen molar-refractivity contribution in [2.75, 3.05) is 11.1 Å². The third-order valence-electron chi connectivity index (χ3n) is 2.72. The van der Waals surface area contributed by atoms with Gasteiger partial charge >= 0.3 is 5.97 Å². The predicted molar refractivity (Wildman–Crippen MR) is 81.5 cm³/mol. The molecule has 0 radical (unpaired) electrons. The Hall–Kier alpha value is -1.60. The lowest BCUT2D eigenvalue weighted by atomic mass is 10.0. The van der Waals surface area contributed by atoms with Gasteiger partial charge in [-0.25, -0.2) is 0 Å². The summed E-state index contributed by atoms with van der Waals surface area (Å²) in [5.41, 5.74) is 2.43. The number of carboxylic acids is 1. The van der Waals surface area contributed by atoms with Crippen molar-refractivity contribution in [1.29, 1.82) is 0 Å². The van der Waals surface area contributed by atoms with Gasteiger partial charge in [0.2, 0.25) is 5.13 Å². The molecular weight excluding hydrogens is 294 g/mol. The Morgan fingerprint density at radius 1 is 1.45 bits per heavy atom. The van der Waals surface area contributed by atoms with Crippen LogP contribution in [0.25, 0.3) is 0 Å². The normalized spacial score (nSPS) is 12.1. The van der Waals surface area contributed by atoms with Crippen molar-refractivity contribution in [2.24, 2.45) is 0 Å². The summed E-state index contributed by atoms with van der Waals surface area (Å²) in [5.74, 6) is -0.852. The number of nitrogens with zero attached hydrogens (tertiary/aromatic N) is 2. The van der Waals surface area contributed by atoms with Crippen LogP contribution in [0, 0.1) is 6.92 Å². The van der Waals surface area contributed by atoms with E-state index >= 15 is 0 Å². The van der Waals surface area contributed by atoms with E-state index in [1.807, 2.05) is 12.1 Å². The summed E-state index contributed by atoms with van der Waals surface area (Å²) < 4.78 is 0.659. The van der Waals surface area contributed by atoms with Gasteiger partial charge in [-0.05, 0) is 25.0 Å². The number of anilines is 1. The first-order chi connectivity index (χ1) is 9.56. The van der Waals surface area contributed by atoms with Crippen molar-refractivity contribution in [2.45, 2.75) is 24.2 Å². The van der Waals surface area contributed by atoms with Gasteiger partial charge in [-0.1, -0.05) is 47.4 Å². The van der Waals surface area contributed by atoms with Crippen molar-refractivity contribution in [3.63, 3.8) is 0 Å². The Labute approximate surface area is 125 Å². The van der Waals surface area contributed by atoms with Gasteiger partial charge in [0.05, 0.1) is 11.8 Å². The molecule has 2 N–H and O–H groups in total. The molecule has 0 aliphatic carbocycles. The van der Waals surface area contributed by atoms with Gasteiger partial charge < -0.3 is 10.4 Å². The van der Waals surface area contributed by atoms with Gasteiger partial charge in [0.15, 0.2) is 4.34 Å². The van der Waals surface area contributed by atoms with Crippen LogP contribution < -0.4 is 5.32 Å². The van der Waals surface area contributed by atoms with Crippen LogP contribution in [0.3, 0.4) is 0 Å². The highest BCUT2D eigenvalue weighted by Gasteiger charge is 2.12. The fraction of sp³-hybridized carbons (Fsp3) is 0.308. The van der Waals surface area contributed by atoms with E-state index in [4.69, 9.17) is 5.11 Å². The summed E-state index contributed by atoms with van der Waals surface area (Å²) in [7, 11) is 0. The molecule has 0 bridgehead atoms. The number of carbonyl (C=O) groups is 1. The number of aryl methyl sites for hydroxylation is 1. The maximum Gasteiger partial charge on any atom is 0.313 e. The molecule has 1 atom stereocenters. The van der Waals surface area contributed by atoms with Crippen LogP contribution in [0.2, 0.25) is 0 Å². The largest absolute Gasteiger partial charge is 0.481 e. The van der Waals surface area contributed by atoms with E-state index in [2.05, 4.69) is 41.5 Å². The third kappa shape index (κ3) is 3.94. The topological polar surface area (TPSA) is 75.1 Å². The number of rotatable bonds is 6. The Morgan fingerprint density at radius 2 is 2.20 bits per heavy atom. The molecule has 0 saturated carbocycles. The Balaban J connectivity index is 2.00. The monoisotopic (exact) mass is 309 g/mol. The van der Waals surface area contributed by atoms with Gasteiger partial charge in [-0.3, -0.25) is 4.79 Å². The third-order valence-corrected chi connectivity index (χ3v) is 4.69. The van der Waals surface area contributed by atoms with Gasteiger partial charge in [-0.2, -0.15) is 0 Å². The van der Waals surface area contributed by atoms with E-state index in [0.717, 1.165) is 0 Å². The summed E-state index contributed by atoms with van der Waals surface area (Å²) in [6, 6.07) is 8.29. The fourth-order valence-corrected chi connectivity index (χ4v) is 3.34. The smallest absolute Gasteiger partial charge is 0.313 e. The number of carboxylic acid groups (broad SMARTS) is 1. The maximum atomic E-state index is 10.5. The lowest BCUT2D eigenvalue weighted by molar-refractivity contribution is -0.133. The van der Waals surface area contributed by atoms with E-state index < -0.39 is 5.97 Å². The van der Waals surface area contributed by atoms with Crippen LogP contribution in [0.4, 0.5) is 5.13 Å². The number of hydrogen-bond donors (Lipinski definition) is 2. The first-order valence-electron chi connectivity index (χ1n) is 6.06. The zero-order chi connectivity index (χ0) is 14.5. The molecule has 1 heterocycles. The first kappa shape index (κ1) is 14.8. The van der Waals surface area contributed by atoms with Crippen LogP contribution in [0.1, 0.15) is 24.1 Å². The molecule has 7 heteroatoms. The zero-order valence-corrected chi connectivity index (χ0v) is 12.8. The molecule has 1 aromatic carbocycles. The van der Waals surface area contributed by atoms with Gasteiger partial charge in [0, 0.05) is 0 Å². The summed E-state index contributed by atoms with van der Waals surface area (Å²) >= 11 is 2.55. The second kappa shape index (κ2) is 6.71. The highest BCUT2D eigenvalue weighted by Crippen LogP contribution is 2.28. The molecule has 0 spiro atoms. The van der Waals surface area contributed by atoms with Crippen LogP contribution in [0.5, 0.6) is 0 Å². The second-order valence-electron chi connectivity index (χ2n) is 4.28. The van der Waals surface area contributed by atoms with Crippen molar-refractivity contribution in [3.8, 4) is 0 Å². The van der Waals surface area contributed by atoms with E-state index in [1.54, 1.807) is 0 Å². The molecule has 1 unspecified atom stereocenters. The van der Waals surface area contributed by atoms with Gasteiger partial charge in [-0.15, -0.1) is 10.2 Å². The van der Waals surface area contributed by atoms with Crippen LogP contribution in [-0.4, -0.2) is 27.0 Å². The maximum absolute atomic E-state index is 10.5. The number of aromatic nitrogens is 2. The molecule has 106 valence electrons. The summed E-state index contributed by atoms with van der Waals surface area (Å²) in [4.78, 5) is 10.5. The summed E-state index contributed by atoms with van der Waals surface area (Å²) in [6.07, 6.45) is 0. The molecule has 0 aliphatic rings.